The van der Waals surface area contributed by atoms with E-state index in [9.17, 15) is 14.7 Å². The fourth-order valence-electron chi connectivity index (χ4n) is 2.11. The molecule has 0 bridgehead atoms. The number of nitrogens with zero attached hydrogens (tertiary/aromatic N) is 1. The number of carbonyl (C=O) groups is 2. The molecule has 0 aromatic heterocycles. The number of amides is 2. The van der Waals surface area contributed by atoms with Gasteiger partial charge in [0.15, 0.2) is 0 Å². The number of anilines is 1. The maximum absolute atomic E-state index is 12.3. The van der Waals surface area contributed by atoms with Crippen LogP contribution in [-0.2, 0) is 9.59 Å². The number of hydrogen-bond donors (Lipinski definition) is 2. The molecule has 5 heteroatoms. The number of aromatic hydroxyl groups is 1. The van der Waals surface area contributed by atoms with E-state index in [1.807, 2.05) is 6.92 Å². The topological polar surface area (TPSA) is 69.6 Å². The lowest BCUT2D eigenvalue weighted by Gasteiger charge is -2.24. The van der Waals surface area contributed by atoms with Crippen LogP contribution >= 0.6 is 0 Å². The summed E-state index contributed by atoms with van der Waals surface area (Å²) in [6.07, 6.45) is 0.932. The molecule has 0 saturated carbocycles. The molecular weight excluding hydrogens is 232 g/mol. The second-order valence-corrected chi connectivity index (χ2v) is 4.26. The zero-order valence-electron chi connectivity index (χ0n) is 10.2. The molecule has 2 amide bonds. The number of likely N-dealkylation sites (N-methyl/N-ethyl adjacent to an activating group) is 1. The predicted octanol–water partition coefficient (Wildman–Crippen LogP) is 1.02. The summed E-state index contributed by atoms with van der Waals surface area (Å²) in [7, 11) is 0. The minimum Gasteiger partial charge on any atom is -0.508 e. The van der Waals surface area contributed by atoms with E-state index < -0.39 is 6.04 Å². The quantitative estimate of drug-likeness (QED) is 0.839. The molecule has 1 aliphatic rings. The Kier molecular flexibility index (Phi) is 3.50. The summed E-state index contributed by atoms with van der Waals surface area (Å²) in [5, 5.41) is 12.1. The molecule has 1 atom stereocenters. The minimum atomic E-state index is -0.445. The van der Waals surface area contributed by atoms with Crippen molar-refractivity contribution in [3.63, 3.8) is 0 Å². The Hall–Kier alpha value is -2.04. The third-order valence-electron chi connectivity index (χ3n) is 3.02. The highest BCUT2D eigenvalue weighted by atomic mass is 16.3. The van der Waals surface area contributed by atoms with Crippen LogP contribution in [0, 0.1) is 0 Å². The second kappa shape index (κ2) is 5.08. The van der Waals surface area contributed by atoms with E-state index in [0.29, 0.717) is 25.1 Å². The number of phenolic OH excluding ortho intramolecular Hbond substituents is 1. The number of nitrogens with one attached hydrogen (secondary N) is 1. The third kappa shape index (κ3) is 2.45. The van der Waals surface area contributed by atoms with Crippen molar-refractivity contribution in [2.24, 2.45) is 0 Å². The van der Waals surface area contributed by atoms with Crippen molar-refractivity contribution in [1.82, 2.24) is 5.32 Å². The van der Waals surface area contributed by atoms with Crippen molar-refractivity contribution >= 4 is 17.5 Å². The molecule has 1 heterocycles. The number of hydrogen-bond acceptors (Lipinski definition) is 3. The molecule has 96 valence electrons. The van der Waals surface area contributed by atoms with Gasteiger partial charge >= 0.3 is 0 Å². The Morgan fingerprint density at radius 2 is 2.33 bits per heavy atom. The zero-order chi connectivity index (χ0) is 13.1. The van der Waals surface area contributed by atoms with Gasteiger partial charge in [-0.3, -0.25) is 9.59 Å². The molecular formula is C13H16N2O3. The van der Waals surface area contributed by atoms with Gasteiger partial charge in [-0.2, -0.15) is 0 Å². The lowest BCUT2D eigenvalue weighted by molar-refractivity contribution is -0.124. The lowest BCUT2D eigenvalue weighted by Crippen LogP contribution is -2.44. The van der Waals surface area contributed by atoms with Crippen LogP contribution in [0.15, 0.2) is 24.3 Å². The van der Waals surface area contributed by atoms with E-state index in [1.165, 1.54) is 6.07 Å². The molecule has 0 aliphatic carbocycles. The van der Waals surface area contributed by atoms with Crippen LogP contribution in [0.25, 0.3) is 0 Å². The van der Waals surface area contributed by atoms with Crippen molar-refractivity contribution in [2.45, 2.75) is 25.8 Å². The molecule has 1 fully saturated rings. The van der Waals surface area contributed by atoms with Gasteiger partial charge in [-0.1, -0.05) is 6.07 Å². The van der Waals surface area contributed by atoms with Crippen LogP contribution in [-0.4, -0.2) is 29.5 Å². The summed E-state index contributed by atoms with van der Waals surface area (Å²) in [5.41, 5.74) is 0.642. The second-order valence-electron chi connectivity index (χ2n) is 4.26. The molecule has 0 radical (unpaired) electrons. The SMILES string of the molecule is CCN(C(=O)C1CCC(=O)N1)c1cccc(O)c1. The fourth-order valence-corrected chi connectivity index (χ4v) is 2.11. The van der Waals surface area contributed by atoms with Gasteiger partial charge in [0.05, 0.1) is 0 Å². The first-order chi connectivity index (χ1) is 8.61. The largest absolute Gasteiger partial charge is 0.508 e. The highest BCUT2D eigenvalue weighted by Crippen LogP contribution is 2.22. The molecule has 1 unspecified atom stereocenters. The van der Waals surface area contributed by atoms with Crippen LogP contribution in [0.2, 0.25) is 0 Å². The maximum atomic E-state index is 12.3. The Bertz CT molecular complexity index is 473. The molecule has 18 heavy (non-hydrogen) atoms. The minimum absolute atomic E-state index is 0.0830. The van der Waals surface area contributed by atoms with Crippen molar-refractivity contribution in [3.05, 3.63) is 24.3 Å². The first-order valence-electron chi connectivity index (χ1n) is 6.01. The smallest absolute Gasteiger partial charge is 0.249 e. The van der Waals surface area contributed by atoms with Crippen LogP contribution in [0.3, 0.4) is 0 Å². The first-order valence-corrected chi connectivity index (χ1v) is 6.01. The summed E-state index contributed by atoms with van der Waals surface area (Å²) in [6.45, 7) is 2.35. The monoisotopic (exact) mass is 248 g/mol. The third-order valence-corrected chi connectivity index (χ3v) is 3.02. The molecule has 1 aromatic rings. The molecule has 5 nitrogen and oxygen atoms in total. The maximum Gasteiger partial charge on any atom is 0.249 e. The van der Waals surface area contributed by atoms with Crippen LogP contribution in [0.4, 0.5) is 5.69 Å². The Morgan fingerprint density at radius 3 is 2.89 bits per heavy atom. The van der Waals surface area contributed by atoms with Crippen LogP contribution < -0.4 is 10.2 Å². The van der Waals surface area contributed by atoms with Crippen molar-refractivity contribution in [1.29, 1.82) is 0 Å². The van der Waals surface area contributed by atoms with Gasteiger partial charge < -0.3 is 15.3 Å². The van der Waals surface area contributed by atoms with Gasteiger partial charge in [-0.15, -0.1) is 0 Å². The number of phenols is 1. The van der Waals surface area contributed by atoms with Gasteiger partial charge in [0.1, 0.15) is 11.8 Å². The van der Waals surface area contributed by atoms with Crippen LogP contribution in [0.5, 0.6) is 5.75 Å². The molecule has 1 saturated heterocycles. The molecule has 0 spiro atoms. The summed E-state index contributed by atoms with van der Waals surface area (Å²) in [5.74, 6) is -0.0940. The van der Waals surface area contributed by atoms with E-state index in [2.05, 4.69) is 5.32 Å². The number of rotatable bonds is 3. The standard InChI is InChI=1S/C13H16N2O3/c1-2-15(9-4-3-5-10(16)8-9)13(18)11-6-7-12(17)14-11/h3-5,8,11,16H,2,6-7H2,1H3,(H,14,17). The summed E-state index contributed by atoms with van der Waals surface area (Å²) in [6, 6.07) is 6.10. The van der Waals surface area contributed by atoms with E-state index >= 15 is 0 Å². The van der Waals surface area contributed by atoms with Crippen molar-refractivity contribution in [2.75, 3.05) is 11.4 Å². The highest BCUT2D eigenvalue weighted by molar-refractivity contribution is 6.00. The van der Waals surface area contributed by atoms with Crippen molar-refractivity contribution < 1.29 is 14.7 Å². The average Bonchev–Trinajstić information content (AvgIpc) is 2.77. The fraction of sp³-hybridized carbons (Fsp3) is 0.385. The molecule has 1 aromatic carbocycles. The molecule has 1 aliphatic heterocycles. The number of carbonyl (C=O) groups excluding carboxylic acids is 2. The summed E-state index contributed by atoms with van der Waals surface area (Å²) in [4.78, 5) is 25.0. The van der Waals surface area contributed by atoms with E-state index in [0.717, 1.165) is 0 Å². The average molecular weight is 248 g/mol. The van der Waals surface area contributed by atoms with E-state index in [1.54, 1.807) is 23.1 Å². The van der Waals surface area contributed by atoms with Gasteiger partial charge in [-0.25, -0.2) is 0 Å². The zero-order valence-corrected chi connectivity index (χ0v) is 10.2. The van der Waals surface area contributed by atoms with Gasteiger partial charge in [0.25, 0.3) is 0 Å². The van der Waals surface area contributed by atoms with Crippen LogP contribution in [0.1, 0.15) is 19.8 Å². The van der Waals surface area contributed by atoms with Crippen molar-refractivity contribution in [3.8, 4) is 5.75 Å². The normalized spacial score (nSPS) is 18.5. The highest BCUT2D eigenvalue weighted by Gasteiger charge is 2.30. The Labute approximate surface area is 105 Å². The van der Waals surface area contributed by atoms with E-state index in [-0.39, 0.29) is 17.6 Å². The number of benzene rings is 1. The van der Waals surface area contributed by atoms with Gasteiger partial charge in [0, 0.05) is 24.7 Å². The van der Waals surface area contributed by atoms with E-state index in [4.69, 9.17) is 0 Å². The molecule has 2 rings (SSSR count). The van der Waals surface area contributed by atoms with Gasteiger partial charge in [-0.05, 0) is 25.5 Å². The summed E-state index contributed by atoms with van der Waals surface area (Å²) >= 11 is 0. The Balaban J connectivity index is 2.18. The molecule has 2 N–H and O–H groups in total. The van der Waals surface area contributed by atoms with Gasteiger partial charge in [0.2, 0.25) is 11.8 Å². The first kappa shape index (κ1) is 12.4. The summed E-state index contributed by atoms with van der Waals surface area (Å²) < 4.78 is 0. The Morgan fingerprint density at radius 1 is 1.56 bits per heavy atom. The predicted molar refractivity (Wildman–Crippen MR) is 67.3 cm³/mol. The lowest BCUT2D eigenvalue weighted by atomic mass is 10.2.